The summed E-state index contributed by atoms with van der Waals surface area (Å²) in [4.78, 5) is 0. The molecule has 1 unspecified atom stereocenters. The van der Waals surface area contributed by atoms with Crippen LogP contribution in [0.2, 0.25) is 0 Å². The second kappa shape index (κ2) is 7.48. The van der Waals surface area contributed by atoms with Gasteiger partial charge in [-0.1, -0.05) is 28.1 Å². The molecule has 0 radical (unpaired) electrons. The van der Waals surface area contributed by atoms with E-state index in [9.17, 15) is 0 Å². The summed E-state index contributed by atoms with van der Waals surface area (Å²) in [5.41, 5.74) is 7.02. The van der Waals surface area contributed by atoms with E-state index in [-0.39, 0.29) is 6.04 Å². The highest BCUT2D eigenvalue weighted by molar-refractivity contribution is 9.10. The summed E-state index contributed by atoms with van der Waals surface area (Å²) in [6.07, 6.45) is 0.834. The zero-order chi connectivity index (χ0) is 15.2. The predicted molar refractivity (Wildman–Crippen MR) is 89.2 cm³/mol. The number of hydrogen-bond donors (Lipinski definition) is 1. The Balaban J connectivity index is 2.12. The molecule has 0 aliphatic rings. The molecule has 4 heteroatoms. The molecule has 0 aliphatic carbocycles. The van der Waals surface area contributed by atoms with Crippen LogP contribution >= 0.6 is 15.9 Å². The van der Waals surface area contributed by atoms with Gasteiger partial charge in [0.05, 0.1) is 6.61 Å². The van der Waals surface area contributed by atoms with Gasteiger partial charge in [-0.05, 0) is 50.1 Å². The van der Waals surface area contributed by atoms with E-state index < -0.39 is 0 Å². The van der Waals surface area contributed by atoms with Gasteiger partial charge in [-0.15, -0.1) is 0 Å². The molecule has 2 aromatic rings. The minimum Gasteiger partial charge on any atom is -0.494 e. The monoisotopic (exact) mass is 349 g/mol. The van der Waals surface area contributed by atoms with Gasteiger partial charge >= 0.3 is 0 Å². The van der Waals surface area contributed by atoms with E-state index in [1.54, 1.807) is 0 Å². The fourth-order valence-corrected chi connectivity index (χ4v) is 2.55. The van der Waals surface area contributed by atoms with E-state index in [0.29, 0.717) is 6.61 Å². The summed E-state index contributed by atoms with van der Waals surface area (Å²) >= 11 is 3.57. The Morgan fingerprint density at radius 1 is 1.10 bits per heavy atom. The van der Waals surface area contributed by atoms with Crippen molar-refractivity contribution in [3.8, 4) is 17.2 Å². The standard InChI is InChI=1S/C17H20BrNO2/c1-3-20-14-5-4-6-15(10-14)21-16-8-7-13(9-12(2)19)17(18)11-16/h4-8,10-12H,3,9,19H2,1-2H3. The number of nitrogens with two attached hydrogens (primary N) is 1. The van der Waals surface area contributed by atoms with E-state index in [1.165, 1.54) is 5.56 Å². The molecule has 2 N–H and O–H groups in total. The molecule has 0 aromatic heterocycles. The van der Waals surface area contributed by atoms with Crippen molar-refractivity contribution in [2.45, 2.75) is 26.3 Å². The van der Waals surface area contributed by atoms with Crippen molar-refractivity contribution in [3.63, 3.8) is 0 Å². The van der Waals surface area contributed by atoms with Crippen molar-refractivity contribution in [1.82, 2.24) is 0 Å². The van der Waals surface area contributed by atoms with E-state index in [1.807, 2.05) is 56.3 Å². The molecule has 0 spiro atoms. The van der Waals surface area contributed by atoms with E-state index in [2.05, 4.69) is 15.9 Å². The van der Waals surface area contributed by atoms with Gasteiger partial charge in [0.2, 0.25) is 0 Å². The zero-order valence-corrected chi connectivity index (χ0v) is 13.9. The van der Waals surface area contributed by atoms with Crippen molar-refractivity contribution < 1.29 is 9.47 Å². The predicted octanol–water partition coefficient (Wildman–Crippen LogP) is 4.53. The quantitative estimate of drug-likeness (QED) is 0.833. The van der Waals surface area contributed by atoms with Gasteiger partial charge in [0.25, 0.3) is 0 Å². The van der Waals surface area contributed by atoms with Crippen LogP contribution in [-0.2, 0) is 6.42 Å². The Kier molecular flexibility index (Phi) is 5.65. The smallest absolute Gasteiger partial charge is 0.131 e. The molecule has 3 nitrogen and oxygen atoms in total. The molecule has 0 aliphatic heterocycles. The number of halogens is 1. The summed E-state index contributed by atoms with van der Waals surface area (Å²) in [5.74, 6) is 2.35. The van der Waals surface area contributed by atoms with Crippen molar-refractivity contribution in [2.75, 3.05) is 6.61 Å². The van der Waals surface area contributed by atoms with Crippen LogP contribution < -0.4 is 15.2 Å². The molecule has 2 aromatic carbocycles. The van der Waals surface area contributed by atoms with Crippen LogP contribution in [0, 0.1) is 0 Å². The van der Waals surface area contributed by atoms with Gasteiger partial charge < -0.3 is 15.2 Å². The zero-order valence-electron chi connectivity index (χ0n) is 12.3. The largest absolute Gasteiger partial charge is 0.494 e. The minimum atomic E-state index is 0.135. The highest BCUT2D eigenvalue weighted by Gasteiger charge is 2.06. The molecule has 0 heterocycles. The summed E-state index contributed by atoms with van der Waals surface area (Å²) in [5, 5.41) is 0. The minimum absolute atomic E-state index is 0.135. The third-order valence-electron chi connectivity index (χ3n) is 2.92. The van der Waals surface area contributed by atoms with Gasteiger partial charge in [0, 0.05) is 16.6 Å². The molecule has 21 heavy (non-hydrogen) atoms. The highest BCUT2D eigenvalue weighted by Crippen LogP contribution is 2.29. The van der Waals surface area contributed by atoms with Crippen molar-refractivity contribution in [1.29, 1.82) is 0 Å². The number of ether oxygens (including phenoxy) is 2. The Morgan fingerprint density at radius 2 is 1.81 bits per heavy atom. The maximum absolute atomic E-state index is 5.86. The summed E-state index contributed by atoms with van der Waals surface area (Å²) in [7, 11) is 0. The van der Waals surface area contributed by atoms with Crippen LogP contribution in [0.3, 0.4) is 0 Å². The van der Waals surface area contributed by atoms with E-state index >= 15 is 0 Å². The molecule has 0 amide bonds. The van der Waals surface area contributed by atoms with Crippen LogP contribution in [0.15, 0.2) is 46.9 Å². The van der Waals surface area contributed by atoms with E-state index in [4.69, 9.17) is 15.2 Å². The Labute approximate surface area is 134 Å². The normalized spacial score (nSPS) is 12.0. The van der Waals surface area contributed by atoms with Crippen LogP contribution in [0.25, 0.3) is 0 Å². The molecule has 112 valence electrons. The second-order valence-electron chi connectivity index (χ2n) is 4.94. The number of benzene rings is 2. The first kappa shape index (κ1) is 15.9. The molecular weight excluding hydrogens is 330 g/mol. The maximum atomic E-state index is 5.86. The van der Waals surface area contributed by atoms with Crippen LogP contribution in [0.5, 0.6) is 17.2 Å². The molecule has 0 bridgehead atoms. The topological polar surface area (TPSA) is 44.5 Å². The van der Waals surface area contributed by atoms with Crippen molar-refractivity contribution in [3.05, 3.63) is 52.5 Å². The average molecular weight is 350 g/mol. The lowest BCUT2D eigenvalue weighted by Crippen LogP contribution is -2.17. The fraction of sp³-hybridized carbons (Fsp3) is 0.294. The van der Waals surface area contributed by atoms with Gasteiger partial charge in [0.15, 0.2) is 0 Å². The van der Waals surface area contributed by atoms with E-state index in [0.717, 1.165) is 28.1 Å². The van der Waals surface area contributed by atoms with Gasteiger partial charge in [0.1, 0.15) is 17.2 Å². The first-order chi connectivity index (χ1) is 10.1. The third-order valence-corrected chi connectivity index (χ3v) is 3.66. The number of rotatable bonds is 6. The number of hydrogen-bond acceptors (Lipinski definition) is 3. The molecule has 2 rings (SSSR count). The molecular formula is C17H20BrNO2. The first-order valence-corrected chi connectivity index (χ1v) is 7.82. The SMILES string of the molecule is CCOc1cccc(Oc2ccc(CC(C)N)c(Br)c2)c1. The lowest BCUT2D eigenvalue weighted by molar-refractivity contribution is 0.338. The van der Waals surface area contributed by atoms with Crippen LogP contribution in [0.1, 0.15) is 19.4 Å². The lowest BCUT2D eigenvalue weighted by atomic mass is 10.1. The average Bonchev–Trinajstić information content (AvgIpc) is 2.42. The first-order valence-electron chi connectivity index (χ1n) is 7.03. The summed E-state index contributed by atoms with van der Waals surface area (Å²) in [6, 6.07) is 13.7. The van der Waals surface area contributed by atoms with Crippen LogP contribution in [-0.4, -0.2) is 12.6 Å². The molecule has 0 saturated heterocycles. The van der Waals surface area contributed by atoms with Crippen molar-refractivity contribution in [2.24, 2.45) is 5.73 Å². The van der Waals surface area contributed by atoms with Crippen molar-refractivity contribution >= 4 is 15.9 Å². The van der Waals surface area contributed by atoms with Gasteiger partial charge in [-0.2, -0.15) is 0 Å². The van der Waals surface area contributed by atoms with Gasteiger partial charge in [-0.3, -0.25) is 0 Å². The molecule has 0 saturated carbocycles. The van der Waals surface area contributed by atoms with Crippen LogP contribution in [0.4, 0.5) is 0 Å². The highest BCUT2D eigenvalue weighted by atomic mass is 79.9. The fourth-order valence-electron chi connectivity index (χ4n) is 2.03. The molecule has 0 fully saturated rings. The summed E-state index contributed by atoms with van der Waals surface area (Å²) in [6.45, 7) is 4.60. The Hall–Kier alpha value is -1.52. The Morgan fingerprint density at radius 3 is 2.48 bits per heavy atom. The van der Waals surface area contributed by atoms with Gasteiger partial charge in [-0.25, -0.2) is 0 Å². The maximum Gasteiger partial charge on any atom is 0.131 e. The molecule has 1 atom stereocenters. The second-order valence-corrected chi connectivity index (χ2v) is 5.80. The lowest BCUT2D eigenvalue weighted by Gasteiger charge is -2.11. The Bertz CT molecular complexity index is 599. The third kappa shape index (κ3) is 4.76. The summed E-state index contributed by atoms with van der Waals surface area (Å²) < 4.78 is 12.3.